The lowest BCUT2D eigenvalue weighted by Crippen LogP contribution is -2.17. The summed E-state index contributed by atoms with van der Waals surface area (Å²) in [5, 5.41) is 2.55. The molecule has 320 valence electrons. The first-order chi connectivity index (χ1) is 32.8. The van der Waals surface area contributed by atoms with Crippen molar-refractivity contribution in [2.75, 3.05) is 4.90 Å². The minimum atomic E-state index is -0.229. The minimum Gasteiger partial charge on any atom is -0.310 e. The van der Waals surface area contributed by atoms with E-state index in [-0.39, 0.29) is 5.41 Å². The van der Waals surface area contributed by atoms with Crippen molar-refractivity contribution in [3.8, 4) is 61.3 Å². The van der Waals surface area contributed by atoms with Crippen molar-refractivity contribution in [3.05, 3.63) is 253 Å². The van der Waals surface area contributed by atoms with Crippen LogP contribution in [0.2, 0.25) is 0 Å². The van der Waals surface area contributed by atoms with Gasteiger partial charge in [0.2, 0.25) is 0 Å². The molecule has 1 heterocycles. The number of para-hydroxylation sites is 2. The maximum absolute atomic E-state index is 2.43. The van der Waals surface area contributed by atoms with Gasteiger partial charge in [0.05, 0.1) is 11.0 Å². The number of hydrogen-bond donors (Lipinski definition) is 0. The molecule has 67 heavy (non-hydrogen) atoms. The van der Waals surface area contributed by atoms with E-state index in [2.05, 4.69) is 268 Å². The van der Waals surface area contributed by atoms with Crippen molar-refractivity contribution in [3.63, 3.8) is 0 Å². The average molecular weight is 859 g/mol. The van der Waals surface area contributed by atoms with E-state index in [1.807, 2.05) is 0 Å². The molecule has 0 radical (unpaired) electrons. The van der Waals surface area contributed by atoms with E-state index in [1.165, 1.54) is 105 Å². The molecular formula is C65H50N2. The topological polar surface area (TPSA) is 8.17 Å². The molecule has 0 amide bonds. The predicted molar refractivity (Wildman–Crippen MR) is 284 cm³/mol. The summed E-state index contributed by atoms with van der Waals surface area (Å²) in [4.78, 5) is 2.41. The van der Waals surface area contributed by atoms with Gasteiger partial charge in [-0.05, 0) is 147 Å². The molecule has 12 rings (SSSR count). The molecule has 0 saturated carbocycles. The molecule has 0 aliphatic heterocycles. The van der Waals surface area contributed by atoms with Crippen LogP contribution in [0.1, 0.15) is 36.1 Å². The molecule has 0 saturated heterocycles. The monoisotopic (exact) mass is 858 g/mol. The molecule has 1 aliphatic rings. The molecule has 2 nitrogen and oxygen atoms in total. The number of rotatable bonds is 8. The number of fused-ring (bicyclic) bond motifs is 6. The Morgan fingerprint density at radius 3 is 1.34 bits per heavy atom. The summed E-state index contributed by atoms with van der Waals surface area (Å²) in [6.07, 6.45) is 0. The highest BCUT2D eigenvalue weighted by molar-refractivity contribution is 6.09. The quantitative estimate of drug-likeness (QED) is 0.148. The molecule has 0 fully saturated rings. The minimum absolute atomic E-state index is 0.229. The van der Waals surface area contributed by atoms with Gasteiger partial charge in [0.25, 0.3) is 0 Å². The summed E-state index contributed by atoms with van der Waals surface area (Å²) in [7, 11) is 0. The molecule has 0 unspecified atom stereocenters. The van der Waals surface area contributed by atoms with Crippen LogP contribution in [0.25, 0.3) is 83.1 Å². The van der Waals surface area contributed by atoms with Gasteiger partial charge in [-0.25, -0.2) is 0 Å². The van der Waals surface area contributed by atoms with Crippen molar-refractivity contribution in [2.45, 2.75) is 33.1 Å². The SMILES string of the molecule is Cc1cc(C)cc(-c2ccc(-c3cccc(-c4ccc(N(c5ccc(-c6ccccc6)cc5)c5ccc6c(c5)C(C)(C)c5cc(-n7c8ccccc8c8ccccc87)ccc5-6)cc4)c3)cc2)c1. The van der Waals surface area contributed by atoms with Crippen LogP contribution in [-0.4, -0.2) is 4.57 Å². The second-order valence-corrected chi connectivity index (χ2v) is 18.8. The highest BCUT2D eigenvalue weighted by Gasteiger charge is 2.36. The van der Waals surface area contributed by atoms with Crippen LogP contribution in [0.5, 0.6) is 0 Å². The van der Waals surface area contributed by atoms with Crippen molar-refractivity contribution >= 4 is 38.9 Å². The predicted octanol–water partition coefficient (Wildman–Crippen LogP) is 17.8. The number of aromatic nitrogens is 1. The maximum Gasteiger partial charge on any atom is 0.0541 e. The highest BCUT2D eigenvalue weighted by atomic mass is 15.1. The maximum atomic E-state index is 2.43. The smallest absolute Gasteiger partial charge is 0.0541 e. The molecule has 10 aromatic carbocycles. The second kappa shape index (κ2) is 16.0. The van der Waals surface area contributed by atoms with E-state index in [0.29, 0.717) is 0 Å². The molecule has 2 heteroatoms. The van der Waals surface area contributed by atoms with Gasteiger partial charge in [0, 0.05) is 38.9 Å². The van der Waals surface area contributed by atoms with Crippen LogP contribution in [0.3, 0.4) is 0 Å². The molecule has 0 N–H and O–H groups in total. The lowest BCUT2D eigenvalue weighted by atomic mass is 9.82. The summed E-state index contributed by atoms with van der Waals surface area (Å²) in [6.45, 7) is 9.11. The van der Waals surface area contributed by atoms with E-state index < -0.39 is 0 Å². The highest BCUT2D eigenvalue weighted by Crippen LogP contribution is 2.52. The first-order valence-electron chi connectivity index (χ1n) is 23.4. The number of hydrogen-bond acceptors (Lipinski definition) is 1. The summed E-state index contributed by atoms with van der Waals surface area (Å²) in [5.41, 5.74) is 24.3. The van der Waals surface area contributed by atoms with Crippen LogP contribution < -0.4 is 4.90 Å². The number of benzene rings is 10. The molecule has 0 atom stereocenters. The van der Waals surface area contributed by atoms with E-state index in [4.69, 9.17) is 0 Å². The molecular weight excluding hydrogens is 809 g/mol. The van der Waals surface area contributed by atoms with Crippen LogP contribution in [0.4, 0.5) is 17.1 Å². The molecule has 11 aromatic rings. The van der Waals surface area contributed by atoms with Crippen LogP contribution in [-0.2, 0) is 5.41 Å². The summed E-state index contributed by atoms with van der Waals surface area (Å²) in [6, 6.07) is 85.1. The van der Waals surface area contributed by atoms with Crippen molar-refractivity contribution < 1.29 is 0 Å². The Labute approximate surface area is 393 Å². The second-order valence-electron chi connectivity index (χ2n) is 18.8. The normalized spacial score (nSPS) is 12.6. The van der Waals surface area contributed by atoms with Gasteiger partial charge in [-0.3, -0.25) is 0 Å². The Bertz CT molecular complexity index is 3570. The standard InChI is InChI=1S/C65H50N2/c1-43-37-44(2)39-52(38-43)49-23-21-47(22-24-49)50-15-12-16-51(40-50)48-27-31-54(32-28-48)66(53-29-25-46(26-30-53)45-13-6-5-7-14-45)55-33-35-57-58-36-34-56(42-62(58)65(3,4)61(57)41-55)67-63-19-10-8-17-59(63)60-18-9-11-20-64(60)67/h5-42H,1-4H3. The number of anilines is 3. The van der Waals surface area contributed by atoms with E-state index in [0.717, 1.165) is 17.1 Å². The van der Waals surface area contributed by atoms with E-state index in [1.54, 1.807) is 0 Å². The van der Waals surface area contributed by atoms with Crippen molar-refractivity contribution in [2.24, 2.45) is 0 Å². The third kappa shape index (κ3) is 7.05. The zero-order chi connectivity index (χ0) is 45.2. The summed E-state index contributed by atoms with van der Waals surface area (Å²) >= 11 is 0. The number of nitrogens with zero attached hydrogens (tertiary/aromatic N) is 2. The average Bonchev–Trinajstić information content (AvgIpc) is 3.82. The Balaban J connectivity index is 0.900. The molecule has 0 spiro atoms. The van der Waals surface area contributed by atoms with Crippen LogP contribution in [0, 0.1) is 13.8 Å². The van der Waals surface area contributed by atoms with E-state index >= 15 is 0 Å². The summed E-state index contributed by atoms with van der Waals surface area (Å²) < 4.78 is 2.43. The lowest BCUT2D eigenvalue weighted by molar-refractivity contribution is 0.660. The third-order valence-corrected chi connectivity index (χ3v) is 14.1. The Kier molecular flexibility index (Phi) is 9.66. The Hall–Kier alpha value is -8.20. The first kappa shape index (κ1) is 40.3. The lowest BCUT2D eigenvalue weighted by Gasteiger charge is -2.28. The molecule has 0 bridgehead atoms. The van der Waals surface area contributed by atoms with Crippen molar-refractivity contribution in [1.29, 1.82) is 0 Å². The molecule has 1 aromatic heterocycles. The van der Waals surface area contributed by atoms with Gasteiger partial charge in [0.15, 0.2) is 0 Å². The van der Waals surface area contributed by atoms with Gasteiger partial charge in [0.1, 0.15) is 0 Å². The van der Waals surface area contributed by atoms with Crippen LogP contribution >= 0.6 is 0 Å². The zero-order valence-electron chi connectivity index (χ0n) is 38.3. The van der Waals surface area contributed by atoms with Gasteiger partial charge in [-0.2, -0.15) is 0 Å². The van der Waals surface area contributed by atoms with Gasteiger partial charge >= 0.3 is 0 Å². The van der Waals surface area contributed by atoms with Gasteiger partial charge in [-0.1, -0.05) is 189 Å². The summed E-state index contributed by atoms with van der Waals surface area (Å²) in [5.74, 6) is 0. The Morgan fingerprint density at radius 1 is 0.328 bits per heavy atom. The first-order valence-corrected chi connectivity index (χ1v) is 23.4. The largest absolute Gasteiger partial charge is 0.310 e. The van der Waals surface area contributed by atoms with Crippen molar-refractivity contribution in [1.82, 2.24) is 4.57 Å². The third-order valence-electron chi connectivity index (χ3n) is 14.1. The zero-order valence-corrected chi connectivity index (χ0v) is 38.3. The van der Waals surface area contributed by atoms with E-state index in [9.17, 15) is 0 Å². The van der Waals surface area contributed by atoms with Gasteiger partial charge < -0.3 is 9.47 Å². The fraction of sp³-hybridized carbons (Fsp3) is 0.0769. The number of aryl methyl sites for hydroxylation is 2. The van der Waals surface area contributed by atoms with Gasteiger partial charge in [-0.15, -0.1) is 0 Å². The Morgan fingerprint density at radius 2 is 0.761 bits per heavy atom. The van der Waals surface area contributed by atoms with Crippen LogP contribution in [0.15, 0.2) is 231 Å². The fourth-order valence-electron chi connectivity index (χ4n) is 10.8. The fourth-order valence-corrected chi connectivity index (χ4v) is 10.8. The molecule has 1 aliphatic carbocycles.